The van der Waals surface area contributed by atoms with Crippen LogP contribution >= 0.6 is 0 Å². The number of para-hydroxylation sites is 2. The first-order valence-electron chi connectivity index (χ1n) is 25.3. The molecule has 1 aromatic heterocycles. The second kappa shape index (κ2) is 14.5. The van der Waals surface area contributed by atoms with E-state index < -0.39 is 0 Å². The monoisotopic (exact) mass is 904 g/mol. The Morgan fingerprint density at radius 2 is 1.00 bits per heavy atom. The molecule has 4 heterocycles. The Balaban J connectivity index is 1.21. The molecule has 4 nitrogen and oxygen atoms in total. The molecule has 69 heavy (non-hydrogen) atoms. The fraction of sp³-hybridized carbons (Fsp3) is 0.312. The predicted molar refractivity (Wildman–Crippen MR) is 294 cm³/mol. The summed E-state index contributed by atoms with van der Waals surface area (Å²) in [6.07, 6.45) is 2.29. The van der Waals surface area contributed by atoms with E-state index in [2.05, 4.69) is 244 Å². The lowest BCUT2D eigenvalue weighted by molar-refractivity contribution is 0.332. The molecule has 0 saturated carbocycles. The zero-order chi connectivity index (χ0) is 48.3. The Hall–Kier alpha value is -6.46. The second-order valence-corrected chi connectivity index (χ2v) is 24.6. The largest absolute Gasteiger partial charge is 0.468 e. The van der Waals surface area contributed by atoms with Gasteiger partial charge in [-0.15, -0.1) is 0 Å². The maximum atomic E-state index is 7.66. The Labute approximate surface area is 411 Å². The van der Waals surface area contributed by atoms with E-state index in [1.807, 2.05) is 0 Å². The summed E-state index contributed by atoms with van der Waals surface area (Å²) in [6.45, 7) is 30.4. The summed E-state index contributed by atoms with van der Waals surface area (Å²) in [7, 11) is 0. The number of fused-ring (bicyclic) bond motifs is 9. The van der Waals surface area contributed by atoms with Gasteiger partial charge in [0.25, 0.3) is 6.71 Å². The van der Waals surface area contributed by atoms with Gasteiger partial charge in [0, 0.05) is 50.6 Å². The molecule has 0 bridgehead atoms. The van der Waals surface area contributed by atoms with E-state index in [0.29, 0.717) is 0 Å². The van der Waals surface area contributed by atoms with E-state index in [-0.39, 0.29) is 33.8 Å². The molecule has 0 unspecified atom stereocenters. The van der Waals surface area contributed by atoms with Crippen LogP contribution in [0.3, 0.4) is 0 Å². The maximum Gasteiger partial charge on any atom is 0.297 e. The zero-order valence-corrected chi connectivity index (χ0v) is 43.0. The molecule has 5 heteroatoms. The summed E-state index contributed by atoms with van der Waals surface area (Å²) in [5.41, 5.74) is 24.3. The molecule has 0 N–H and O–H groups in total. The molecule has 0 fully saturated rings. The highest BCUT2D eigenvalue weighted by molar-refractivity contribution is 7.00. The van der Waals surface area contributed by atoms with E-state index >= 15 is 0 Å². The lowest BCUT2D eigenvalue weighted by atomic mass is 9.35. The molecule has 0 radical (unpaired) electrons. The van der Waals surface area contributed by atoms with Crippen molar-refractivity contribution in [2.24, 2.45) is 0 Å². The molecule has 0 amide bonds. The third kappa shape index (κ3) is 6.48. The Kier molecular flexibility index (Phi) is 9.23. The van der Waals surface area contributed by atoms with Crippen molar-refractivity contribution in [2.75, 3.05) is 14.7 Å². The summed E-state index contributed by atoms with van der Waals surface area (Å²) in [6, 6.07) is 53.6. The number of benzene rings is 7. The Bertz CT molecular complexity index is 3400. The van der Waals surface area contributed by atoms with Gasteiger partial charge in [0.05, 0.1) is 17.0 Å². The van der Waals surface area contributed by atoms with Crippen LogP contribution in [0.25, 0.3) is 11.0 Å². The fourth-order valence-electron chi connectivity index (χ4n) is 12.5. The number of rotatable bonds is 3. The molecule has 0 atom stereocenters. The van der Waals surface area contributed by atoms with Crippen LogP contribution in [0, 0.1) is 6.92 Å². The standard InChI is InChI=1S/C64H66BN3O/c1-39-33-54-57-55(34-39)68(44-29-25-41(26-30-44)61(5,6)7)58-45-35-47-48(63(10,11)32-31-62(47,8)9)37-56(45)69-59(58)65(57)50-38-52-49(36-53(50)67(54)43-27-23-40(24-28-43)60(2,3)4)64(12,13)46-21-17-18-22-51(46)66(52)42-19-15-14-16-20-42/h14-30,33-38H,31-32H2,1-13H3. The van der Waals surface area contributed by atoms with Crippen LogP contribution in [0.5, 0.6) is 0 Å². The lowest BCUT2D eigenvalue weighted by Crippen LogP contribution is -2.61. The number of aryl methyl sites for hydroxylation is 1. The van der Waals surface area contributed by atoms with Gasteiger partial charge in [-0.2, -0.15) is 0 Å². The van der Waals surface area contributed by atoms with Gasteiger partial charge in [-0.25, -0.2) is 0 Å². The number of nitrogens with zero attached hydrogens (tertiary/aromatic N) is 3. The molecular formula is C64H66BN3O. The topological polar surface area (TPSA) is 22.9 Å². The minimum atomic E-state index is -0.294. The predicted octanol–water partition coefficient (Wildman–Crippen LogP) is 15.9. The second-order valence-electron chi connectivity index (χ2n) is 24.6. The van der Waals surface area contributed by atoms with Crippen LogP contribution in [-0.4, -0.2) is 6.71 Å². The Morgan fingerprint density at radius 1 is 0.478 bits per heavy atom. The van der Waals surface area contributed by atoms with Gasteiger partial charge >= 0.3 is 0 Å². The molecule has 1 aliphatic carbocycles. The number of anilines is 9. The molecule has 3 aliphatic heterocycles. The average Bonchev–Trinajstić information content (AvgIpc) is 3.68. The zero-order valence-electron chi connectivity index (χ0n) is 43.0. The summed E-state index contributed by atoms with van der Waals surface area (Å²) < 4.78 is 7.66. The van der Waals surface area contributed by atoms with Crippen LogP contribution in [0.15, 0.2) is 144 Å². The normalized spacial score (nSPS) is 17.2. The van der Waals surface area contributed by atoms with E-state index in [4.69, 9.17) is 4.42 Å². The van der Waals surface area contributed by atoms with Gasteiger partial charge in [0.1, 0.15) is 5.58 Å². The summed E-state index contributed by atoms with van der Waals surface area (Å²) in [4.78, 5) is 7.64. The third-order valence-electron chi connectivity index (χ3n) is 16.6. The maximum absolute atomic E-state index is 7.66. The van der Waals surface area contributed by atoms with Crippen LogP contribution in [0.2, 0.25) is 0 Å². The van der Waals surface area contributed by atoms with Crippen molar-refractivity contribution < 1.29 is 4.42 Å². The molecule has 12 rings (SSSR count). The van der Waals surface area contributed by atoms with Gasteiger partial charge in [0.15, 0.2) is 0 Å². The van der Waals surface area contributed by atoms with Crippen LogP contribution < -0.4 is 31.3 Å². The summed E-state index contributed by atoms with van der Waals surface area (Å²) >= 11 is 0. The van der Waals surface area contributed by atoms with Crippen LogP contribution in [0.1, 0.15) is 135 Å². The van der Waals surface area contributed by atoms with E-state index in [1.165, 1.54) is 83.7 Å². The molecular weight excluding hydrogens is 838 g/mol. The van der Waals surface area contributed by atoms with Crippen LogP contribution in [-0.2, 0) is 27.1 Å². The van der Waals surface area contributed by atoms with Crippen LogP contribution in [0.4, 0.5) is 51.2 Å². The first kappa shape index (κ1) is 43.8. The average molecular weight is 904 g/mol. The van der Waals surface area contributed by atoms with Crippen molar-refractivity contribution in [3.63, 3.8) is 0 Å². The van der Waals surface area contributed by atoms with Gasteiger partial charge in [-0.05, 0) is 170 Å². The summed E-state index contributed by atoms with van der Waals surface area (Å²) in [5, 5.41) is 1.18. The van der Waals surface area contributed by atoms with E-state index in [0.717, 1.165) is 46.8 Å². The van der Waals surface area contributed by atoms with Gasteiger partial charge in [-0.1, -0.05) is 144 Å². The highest BCUT2D eigenvalue weighted by Gasteiger charge is 2.50. The molecule has 0 saturated heterocycles. The summed E-state index contributed by atoms with van der Waals surface area (Å²) in [5.74, 6) is 0. The molecule has 4 aliphatic rings. The van der Waals surface area contributed by atoms with Crippen molar-refractivity contribution in [2.45, 2.75) is 130 Å². The molecule has 7 aromatic carbocycles. The highest BCUT2D eigenvalue weighted by Crippen LogP contribution is 2.56. The number of hydrogen-bond donors (Lipinski definition) is 0. The van der Waals surface area contributed by atoms with E-state index in [9.17, 15) is 0 Å². The van der Waals surface area contributed by atoms with Crippen molar-refractivity contribution in [1.82, 2.24) is 0 Å². The van der Waals surface area contributed by atoms with Gasteiger partial charge < -0.3 is 19.1 Å². The van der Waals surface area contributed by atoms with Crippen molar-refractivity contribution in [3.05, 3.63) is 178 Å². The molecule has 0 spiro atoms. The van der Waals surface area contributed by atoms with Gasteiger partial charge in [-0.3, -0.25) is 0 Å². The minimum absolute atomic E-state index is 0.0214. The highest BCUT2D eigenvalue weighted by atomic mass is 16.3. The van der Waals surface area contributed by atoms with Gasteiger partial charge in [0.2, 0.25) is 0 Å². The quantitative estimate of drug-likeness (QED) is 0.165. The Morgan fingerprint density at radius 3 is 1.61 bits per heavy atom. The molecule has 8 aromatic rings. The fourth-order valence-corrected chi connectivity index (χ4v) is 12.5. The number of hydrogen-bond acceptors (Lipinski definition) is 4. The first-order chi connectivity index (χ1) is 32.6. The first-order valence-corrected chi connectivity index (χ1v) is 25.3. The lowest BCUT2D eigenvalue weighted by Gasteiger charge is -2.46. The molecule has 346 valence electrons. The third-order valence-corrected chi connectivity index (χ3v) is 16.6. The van der Waals surface area contributed by atoms with Crippen molar-refractivity contribution in [3.8, 4) is 0 Å². The minimum Gasteiger partial charge on any atom is -0.468 e. The number of furan rings is 1. The van der Waals surface area contributed by atoms with E-state index in [1.54, 1.807) is 0 Å². The van der Waals surface area contributed by atoms with Crippen molar-refractivity contribution >= 4 is 85.5 Å². The smallest absolute Gasteiger partial charge is 0.297 e. The van der Waals surface area contributed by atoms with Crippen molar-refractivity contribution in [1.29, 1.82) is 0 Å². The SMILES string of the molecule is Cc1cc2c3c(c1)N(c1ccc(C(C)(C)C)cc1)c1c(oc4cc5c(cc14)C(C)(C)CCC5(C)C)B3c1cc3c(cc1N2c1ccc(C(C)(C)C)cc1)C(C)(C)c1ccccc1N3c1ccccc1.